The molecule has 0 unspecified atom stereocenters. The second-order valence-corrected chi connectivity index (χ2v) is 9.15. The maximum Gasteiger partial charge on any atom is 0.273 e. The first-order valence-corrected chi connectivity index (χ1v) is 10.4. The Morgan fingerprint density at radius 3 is 2.78 bits per heavy atom. The summed E-state index contributed by atoms with van der Waals surface area (Å²) in [5, 5.41) is 7.82. The number of hydrogen-bond donors (Lipinski definition) is 1. The number of fused-ring (bicyclic) bond motifs is 1. The lowest BCUT2D eigenvalue weighted by atomic mass is 10.2. The van der Waals surface area contributed by atoms with Crippen molar-refractivity contribution in [3.63, 3.8) is 0 Å². The minimum absolute atomic E-state index is 0.0182. The number of rotatable bonds is 3. The number of carbonyl (C=O) groups excluding carboxylic acids is 1. The molecule has 1 atom stereocenters. The number of nitrogens with one attached hydrogen (secondary N) is 1. The van der Waals surface area contributed by atoms with Crippen LogP contribution in [-0.4, -0.2) is 40.2 Å². The number of halogens is 1. The maximum absolute atomic E-state index is 13.4. The molecule has 3 heterocycles. The molecule has 1 N–H and O–H groups in total. The van der Waals surface area contributed by atoms with Crippen molar-refractivity contribution < 1.29 is 17.6 Å². The molecular formula is C18H19FN4O3S. The molecule has 0 spiro atoms. The van der Waals surface area contributed by atoms with E-state index in [0.717, 1.165) is 5.52 Å². The molecular weight excluding hydrogens is 371 g/mol. The SMILES string of the molecule is Cc1cc(NC(=O)c2cc3cc(F)ccc3n2C)n([C@@H]2CCS(=O)(=O)C2)n1. The van der Waals surface area contributed by atoms with E-state index in [4.69, 9.17) is 0 Å². The van der Waals surface area contributed by atoms with E-state index in [0.29, 0.717) is 29.0 Å². The minimum atomic E-state index is -3.07. The Hall–Kier alpha value is -2.68. The van der Waals surface area contributed by atoms with Gasteiger partial charge in [-0.2, -0.15) is 5.10 Å². The zero-order valence-corrected chi connectivity index (χ0v) is 15.8. The summed E-state index contributed by atoms with van der Waals surface area (Å²) in [6.45, 7) is 1.79. The van der Waals surface area contributed by atoms with E-state index in [1.54, 1.807) is 41.4 Å². The second-order valence-electron chi connectivity index (χ2n) is 6.92. The summed E-state index contributed by atoms with van der Waals surface area (Å²) in [6, 6.07) is 7.40. The monoisotopic (exact) mass is 390 g/mol. The van der Waals surface area contributed by atoms with Crippen molar-refractivity contribution in [2.75, 3.05) is 16.8 Å². The zero-order chi connectivity index (χ0) is 19.3. The van der Waals surface area contributed by atoms with E-state index in [-0.39, 0.29) is 29.3 Å². The third kappa shape index (κ3) is 3.23. The molecule has 0 bridgehead atoms. The molecule has 2 aromatic heterocycles. The van der Waals surface area contributed by atoms with Gasteiger partial charge in [0, 0.05) is 24.0 Å². The van der Waals surface area contributed by atoms with Crippen LogP contribution in [0, 0.1) is 12.7 Å². The minimum Gasteiger partial charge on any atom is -0.340 e. The van der Waals surface area contributed by atoms with Crippen LogP contribution < -0.4 is 5.32 Å². The van der Waals surface area contributed by atoms with E-state index >= 15 is 0 Å². The normalized spacial score (nSPS) is 18.9. The standard InChI is InChI=1S/C18H19FN4O3S/c1-11-7-17(23(21-11)14-5-6-27(25,26)10-14)20-18(24)16-9-12-8-13(19)3-4-15(12)22(16)2/h3-4,7-9,14H,5-6,10H2,1-2H3,(H,20,24)/t14-/m1/s1. The van der Waals surface area contributed by atoms with Crippen molar-refractivity contribution in [1.29, 1.82) is 0 Å². The second kappa shape index (κ2) is 6.19. The molecule has 7 nitrogen and oxygen atoms in total. The number of aryl methyl sites for hydroxylation is 2. The van der Waals surface area contributed by atoms with Crippen LogP contribution >= 0.6 is 0 Å². The van der Waals surface area contributed by atoms with Gasteiger partial charge in [-0.25, -0.2) is 17.5 Å². The number of sulfone groups is 1. The van der Waals surface area contributed by atoms with Gasteiger partial charge in [-0.05, 0) is 37.6 Å². The van der Waals surface area contributed by atoms with Crippen LogP contribution in [0.1, 0.15) is 28.6 Å². The van der Waals surface area contributed by atoms with Gasteiger partial charge in [0.1, 0.15) is 17.3 Å². The summed E-state index contributed by atoms with van der Waals surface area (Å²) in [5.41, 5.74) is 1.81. The number of amides is 1. The third-order valence-electron chi connectivity index (χ3n) is 4.89. The van der Waals surface area contributed by atoms with Crippen molar-refractivity contribution in [1.82, 2.24) is 14.3 Å². The van der Waals surface area contributed by atoms with E-state index in [9.17, 15) is 17.6 Å². The number of aromatic nitrogens is 3. The Morgan fingerprint density at radius 2 is 2.07 bits per heavy atom. The third-order valence-corrected chi connectivity index (χ3v) is 6.64. The zero-order valence-electron chi connectivity index (χ0n) is 14.9. The highest BCUT2D eigenvalue weighted by Crippen LogP contribution is 2.28. The predicted octanol–water partition coefficient (Wildman–Crippen LogP) is 2.43. The van der Waals surface area contributed by atoms with Gasteiger partial charge in [-0.3, -0.25) is 4.79 Å². The van der Waals surface area contributed by atoms with Crippen LogP contribution in [0.2, 0.25) is 0 Å². The average Bonchev–Trinajstić information content (AvgIpc) is 3.23. The fraction of sp³-hybridized carbons (Fsp3) is 0.333. The fourth-order valence-corrected chi connectivity index (χ4v) is 5.27. The highest BCUT2D eigenvalue weighted by molar-refractivity contribution is 7.91. The van der Waals surface area contributed by atoms with Gasteiger partial charge in [0.05, 0.1) is 23.2 Å². The lowest BCUT2D eigenvalue weighted by Gasteiger charge is -2.14. The first-order valence-electron chi connectivity index (χ1n) is 8.56. The van der Waals surface area contributed by atoms with Crippen LogP contribution in [0.3, 0.4) is 0 Å². The number of hydrogen-bond acceptors (Lipinski definition) is 4. The van der Waals surface area contributed by atoms with Crippen molar-refractivity contribution in [2.45, 2.75) is 19.4 Å². The molecule has 1 aliphatic rings. The van der Waals surface area contributed by atoms with Gasteiger partial charge in [-0.1, -0.05) is 0 Å². The van der Waals surface area contributed by atoms with Gasteiger partial charge < -0.3 is 9.88 Å². The van der Waals surface area contributed by atoms with E-state index in [2.05, 4.69) is 10.4 Å². The Kier molecular flexibility index (Phi) is 4.06. The number of benzene rings is 1. The first kappa shape index (κ1) is 17.7. The molecule has 1 aromatic carbocycles. The quantitative estimate of drug-likeness (QED) is 0.744. The smallest absolute Gasteiger partial charge is 0.273 e. The Labute approximate surface area is 155 Å². The van der Waals surface area contributed by atoms with Gasteiger partial charge >= 0.3 is 0 Å². The number of nitrogens with zero attached hydrogens (tertiary/aromatic N) is 3. The first-order chi connectivity index (χ1) is 12.7. The number of carbonyl (C=O) groups is 1. The van der Waals surface area contributed by atoms with Crippen molar-refractivity contribution in [3.8, 4) is 0 Å². The van der Waals surface area contributed by atoms with Crippen molar-refractivity contribution in [3.05, 3.63) is 47.5 Å². The average molecular weight is 390 g/mol. The lowest BCUT2D eigenvalue weighted by molar-refractivity contribution is 0.101. The summed E-state index contributed by atoms with van der Waals surface area (Å²) < 4.78 is 40.3. The molecule has 9 heteroatoms. The Balaban J connectivity index is 1.65. The molecule has 27 heavy (non-hydrogen) atoms. The summed E-state index contributed by atoms with van der Waals surface area (Å²) in [6.07, 6.45) is 0.472. The summed E-state index contributed by atoms with van der Waals surface area (Å²) in [4.78, 5) is 12.8. The lowest BCUT2D eigenvalue weighted by Crippen LogP contribution is -2.21. The predicted molar refractivity (Wildman–Crippen MR) is 100 cm³/mol. The molecule has 3 aromatic rings. The molecule has 0 aliphatic carbocycles. The van der Waals surface area contributed by atoms with Crippen molar-refractivity contribution in [2.24, 2.45) is 7.05 Å². The van der Waals surface area contributed by atoms with E-state index < -0.39 is 9.84 Å². The molecule has 1 fully saturated rings. The highest BCUT2D eigenvalue weighted by atomic mass is 32.2. The summed E-state index contributed by atoms with van der Waals surface area (Å²) >= 11 is 0. The van der Waals surface area contributed by atoms with Gasteiger partial charge in [0.25, 0.3) is 5.91 Å². The van der Waals surface area contributed by atoms with E-state index in [1.807, 2.05) is 0 Å². The van der Waals surface area contributed by atoms with Crippen LogP contribution in [0.25, 0.3) is 10.9 Å². The molecule has 0 saturated carbocycles. The molecule has 0 radical (unpaired) electrons. The van der Waals surface area contributed by atoms with E-state index in [1.165, 1.54) is 12.1 Å². The molecule has 4 rings (SSSR count). The van der Waals surface area contributed by atoms with Crippen LogP contribution in [0.5, 0.6) is 0 Å². The fourth-order valence-electron chi connectivity index (χ4n) is 3.58. The van der Waals surface area contributed by atoms with Crippen molar-refractivity contribution >= 4 is 32.5 Å². The summed E-state index contributed by atoms with van der Waals surface area (Å²) in [5.74, 6) is -0.133. The number of anilines is 1. The molecule has 1 saturated heterocycles. The molecule has 1 aliphatic heterocycles. The van der Waals surface area contributed by atoms with Gasteiger partial charge in [0.15, 0.2) is 9.84 Å². The Morgan fingerprint density at radius 1 is 1.30 bits per heavy atom. The Bertz CT molecular complexity index is 1160. The largest absolute Gasteiger partial charge is 0.340 e. The van der Waals surface area contributed by atoms with Crippen LogP contribution in [0.15, 0.2) is 30.3 Å². The highest BCUT2D eigenvalue weighted by Gasteiger charge is 2.31. The topological polar surface area (TPSA) is 86.0 Å². The summed E-state index contributed by atoms with van der Waals surface area (Å²) in [7, 11) is -1.34. The van der Waals surface area contributed by atoms with Crippen LogP contribution in [-0.2, 0) is 16.9 Å². The maximum atomic E-state index is 13.4. The molecule has 1 amide bonds. The van der Waals surface area contributed by atoms with Crippen LogP contribution in [0.4, 0.5) is 10.2 Å². The molecule has 142 valence electrons. The van der Waals surface area contributed by atoms with Gasteiger partial charge in [-0.15, -0.1) is 0 Å². The van der Waals surface area contributed by atoms with Gasteiger partial charge in [0.2, 0.25) is 0 Å².